The van der Waals surface area contributed by atoms with Gasteiger partial charge in [-0.05, 0) is 11.3 Å². The van der Waals surface area contributed by atoms with E-state index in [-0.39, 0.29) is 11.5 Å². The lowest BCUT2D eigenvalue weighted by molar-refractivity contribution is 0.377. The fraction of sp³-hybridized carbons (Fsp3) is 0. The molecule has 0 aliphatic heterocycles. The Bertz CT molecular complexity index is 806. The number of rotatable bonds is 4. The van der Waals surface area contributed by atoms with Gasteiger partial charge in [0.2, 0.25) is 5.82 Å². The third kappa shape index (κ3) is 3.05. The second-order valence-electron chi connectivity index (χ2n) is 3.77. The molecular weight excluding hydrogens is 335 g/mol. The predicted molar refractivity (Wildman–Crippen MR) is 63.6 cm³/mol. The van der Waals surface area contributed by atoms with Gasteiger partial charge in [0.05, 0.1) is 23.4 Å². The molecule has 1 heterocycles. The van der Waals surface area contributed by atoms with Crippen LogP contribution in [0.3, 0.4) is 0 Å². The van der Waals surface area contributed by atoms with Crippen molar-refractivity contribution < 1.29 is 30.4 Å². The molecule has 2 aromatic rings. The number of hydrogen-bond donors (Lipinski definition) is 1. The number of halogens is 5. The first-order valence-electron chi connectivity index (χ1n) is 5.31. The van der Waals surface area contributed by atoms with Crippen LogP contribution < -0.4 is 4.83 Å². The minimum absolute atomic E-state index is 0.215. The van der Waals surface area contributed by atoms with Crippen molar-refractivity contribution in [3.8, 4) is 0 Å². The van der Waals surface area contributed by atoms with Gasteiger partial charge < -0.3 is 0 Å². The summed E-state index contributed by atoms with van der Waals surface area (Å²) in [7, 11) is -4.31. The normalized spacial score (nSPS) is 12.0. The number of nitrogens with zero attached hydrogens (tertiary/aromatic N) is 3. The average Bonchev–Trinajstić information content (AvgIpc) is 2.95. The van der Waals surface area contributed by atoms with Gasteiger partial charge in [0.1, 0.15) is 0 Å². The van der Waals surface area contributed by atoms with Crippen molar-refractivity contribution in [2.24, 2.45) is 0 Å². The third-order valence-corrected chi connectivity index (χ3v) is 3.24. The number of nitrogens with one attached hydrogen (secondary N) is 1. The monoisotopic (exact) mass is 340 g/mol. The van der Waals surface area contributed by atoms with E-state index in [4.69, 9.17) is 0 Å². The highest BCUT2D eigenvalue weighted by atomic mass is 32.2. The molecule has 0 saturated heterocycles. The first-order chi connectivity index (χ1) is 10.2. The fourth-order valence-corrected chi connectivity index (χ4v) is 2.08. The number of sulfonamides is 1. The van der Waals surface area contributed by atoms with Gasteiger partial charge in [0.25, 0.3) is 10.0 Å². The van der Waals surface area contributed by atoms with E-state index in [1.54, 1.807) is 4.83 Å². The van der Waals surface area contributed by atoms with Crippen LogP contribution >= 0.6 is 0 Å². The summed E-state index contributed by atoms with van der Waals surface area (Å²) in [6.07, 6.45) is 2.47. The number of benzene rings is 1. The van der Waals surface area contributed by atoms with E-state index in [0.29, 0.717) is 4.79 Å². The first-order valence-corrected chi connectivity index (χ1v) is 6.86. The molecule has 0 spiro atoms. The quantitative estimate of drug-likeness (QED) is 0.520. The Kier molecular flexibility index (Phi) is 4.12. The topological polar surface area (TPSA) is 76.9 Å². The zero-order chi connectivity index (χ0) is 16.5. The molecule has 0 aliphatic rings. The Morgan fingerprint density at radius 3 is 2.05 bits per heavy atom. The molecule has 12 heteroatoms. The summed E-state index contributed by atoms with van der Waals surface area (Å²) in [6, 6.07) is 0. The predicted octanol–water partition coefficient (Wildman–Crippen LogP) is 1.52. The summed E-state index contributed by atoms with van der Waals surface area (Å²) in [5.74, 6) is -11.0. The molecule has 2 rings (SSSR count). The standard InChI is InChI=1S/C10H5F5N4O2S/c11-6-5(7(12)9(14)10(15)8(6)13)1-4-22(20,21)18-19-3-2-16-17-19/h1-4,18H/b4-1+. The molecule has 22 heavy (non-hydrogen) atoms. The molecule has 1 aromatic heterocycles. The van der Waals surface area contributed by atoms with Gasteiger partial charge in [-0.15, -0.1) is 5.10 Å². The van der Waals surface area contributed by atoms with Crippen LogP contribution in [0.15, 0.2) is 17.8 Å². The minimum atomic E-state index is -4.31. The van der Waals surface area contributed by atoms with Crippen molar-refractivity contribution in [2.45, 2.75) is 0 Å². The van der Waals surface area contributed by atoms with Crippen molar-refractivity contribution in [3.05, 3.63) is 52.5 Å². The van der Waals surface area contributed by atoms with Crippen LogP contribution in [0.25, 0.3) is 6.08 Å². The SMILES string of the molecule is O=S(=O)(/C=C/c1c(F)c(F)c(F)c(F)c1F)Nn1ccnn1. The van der Waals surface area contributed by atoms with Crippen molar-refractivity contribution in [2.75, 3.05) is 4.83 Å². The maximum absolute atomic E-state index is 13.3. The summed E-state index contributed by atoms with van der Waals surface area (Å²) in [4.78, 5) is 2.42. The molecule has 0 radical (unpaired) electrons. The van der Waals surface area contributed by atoms with Gasteiger partial charge in [-0.2, -0.15) is 9.62 Å². The summed E-state index contributed by atoms with van der Waals surface area (Å²) in [6.45, 7) is 0. The molecule has 0 saturated carbocycles. The van der Waals surface area contributed by atoms with Gasteiger partial charge in [-0.3, -0.25) is 0 Å². The highest BCUT2D eigenvalue weighted by Crippen LogP contribution is 2.24. The van der Waals surface area contributed by atoms with Gasteiger partial charge in [-0.1, -0.05) is 0 Å². The Morgan fingerprint density at radius 2 is 1.55 bits per heavy atom. The van der Waals surface area contributed by atoms with Crippen LogP contribution in [0.1, 0.15) is 5.56 Å². The molecule has 0 bridgehead atoms. The zero-order valence-corrected chi connectivity index (χ0v) is 11.1. The molecule has 0 atom stereocenters. The van der Waals surface area contributed by atoms with Crippen LogP contribution in [0.4, 0.5) is 22.0 Å². The lowest BCUT2D eigenvalue weighted by Crippen LogP contribution is -2.21. The number of hydrogen-bond acceptors (Lipinski definition) is 4. The molecule has 0 aliphatic carbocycles. The maximum Gasteiger partial charge on any atom is 0.269 e. The fourth-order valence-electron chi connectivity index (χ4n) is 1.34. The largest absolute Gasteiger partial charge is 0.269 e. The van der Waals surface area contributed by atoms with E-state index in [0.717, 1.165) is 12.4 Å². The van der Waals surface area contributed by atoms with E-state index in [1.807, 2.05) is 0 Å². The number of aromatic nitrogens is 3. The lowest BCUT2D eigenvalue weighted by atomic mass is 10.1. The van der Waals surface area contributed by atoms with Crippen LogP contribution in [0, 0.1) is 29.1 Å². The first kappa shape index (κ1) is 15.9. The van der Waals surface area contributed by atoms with Gasteiger partial charge in [-0.25, -0.2) is 30.4 Å². The van der Waals surface area contributed by atoms with Crippen LogP contribution in [-0.2, 0) is 10.0 Å². The smallest absolute Gasteiger partial charge is 0.203 e. The summed E-state index contributed by atoms with van der Waals surface area (Å²) in [5.41, 5.74) is -1.39. The molecular formula is C10H5F5N4O2S. The third-order valence-electron chi connectivity index (χ3n) is 2.30. The molecule has 1 aromatic carbocycles. The van der Waals surface area contributed by atoms with Crippen LogP contribution in [0.2, 0.25) is 0 Å². The van der Waals surface area contributed by atoms with E-state index >= 15 is 0 Å². The van der Waals surface area contributed by atoms with Crippen molar-refractivity contribution in [3.63, 3.8) is 0 Å². The highest BCUT2D eigenvalue weighted by Gasteiger charge is 2.24. The second kappa shape index (κ2) is 5.71. The molecule has 6 nitrogen and oxygen atoms in total. The van der Waals surface area contributed by atoms with Gasteiger partial charge in [0.15, 0.2) is 23.3 Å². The maximum atomic E-state index is 13.3. The van der Waals surface area contributed by atoms with E-state index in [2.05, 4.69) is 10.3 Å². The molecule has 1 N–H and O–H groups in total. The van der Waals surface area contributed by atoms with Crippen molar-refractivity contribution >= 4 is 16.1 Å². The van der Waals surface area contributed by atoms with E-state index < -0.39 is 44.7 Å². The summed E-state index contributed by atoms with van der Waals surface area (Å²) in [5, 5.41) is 6.76. The second-order valence-corrected chi connectivity index (χ2v) is 5.32. The Balaban J connectivity index is 2.38. The summed E-state index contributed by atoms with van der Waals surface area (Å²) < 4.78 is 88.5. The summed E-state index contributed by atoms with van der Waals surface area (Å²) >= 11 is 0. The van der Waals surface area contributed by atoms with Crippen molar-refractivity contribution in [1.29, 1.82) is 0 Å². The van der Waals surface area contributed by atoms with E-state index in [1.165, 1.54) is 0 Å². The minimum Gasteiger partial charge on any atom is -0.203 e. The van der Waals surface area contributed by atoms with E-state index in [9.17, 15) is 30.4 Å². The van der Waals surface area contributed by atoms with Crippen molar-refractivity contribution in [1.82, 2.24) is 15.1 Å². The van der Waals surface area contributed by atoms with Gasteiger partial charge >= 0.3 is 0 Å². The van der Waals surface area contributed by atoms with Gasteiger partial charge in [0, 0.05) is 0 Å². The Hall–Kier alpha value is -2.50. The average molecular weight is 340 g/mol. The lowest BCUT2D eigenvalue weighted by Gasteiger charge is -2.05. The zero-order valence-electron chi connectivity index (χ0n) is 10.3. The Morgan fingerprint density at radius 1 is 1.00 bits per heavy atom. The highest BCUT2D eigenvalue weighted by molar-refractivity contribution is 7.95. The Labute approximate surface area is 119 Å². The van der Waals surface area contributed by atoms with Crippen LogP contribution in [0.5, 0.6) is 0 Å². The van der Waals surface area contributed by atoms with Crippen LogP contribution in [-0.4, -0.2) is 23.5 Å². The molecule has 0 fully saturated rings. The molecule has 118 valence electrons. The molecule has 0 amide bonds. The molecule has 0 unspecified atom stereocenters.